The molecule has 0 fully saturated rings. The van der Waals surface area contributed by atoms with Crippen molar-refractivity contribution in [3.8, 4) is 0 Å². The lowest BCUT2D eigenvalue weighted by Crippen LogP contribution is -2.15. The Morgan fingerprint density at radius 1 is 1.21 bits per heavy atom. The van der Waals surface area contributed by atoms with Gasteiger partial charge in [0, 0.05) is 23.5 Å². The molecule has 0 radical (unpaired) electrons. The van der Waals surface area contributed by atoms with E-state index in [1.54, 1.807) is 30.5 Å². The third-order valence-electron chi connectivity index (χ3n) is 3.82. The highest BCUT2D eigenvalue weighted by atomic mass is 16.6. The molecule has 0 saturated carbocycles. The van der Waals surface area contributed by atoms with E-state index in [2.05, 4.69) is 10.3 Å². The third-order valence-corrected chi connectivity index (χ3v) is 3.82. The normalized spacial score (nSPS) is 10.8. The van der Waals surface area contributed by atoms with Gasteiger partial charge in [-0.2, -0.15) is 0 Å². The van der Waals surface area contributed by atoms with Gasteiger partial charge in [-0.1, -0.05) is 0 Å². The number of nitro groups is 1. The number of aryl methyl sites for hydroxylation is 3. The second-order valence-electron chi connectivity index (χ2n) is 5.69. The Morgan fingerprint density at radius 3 is 2.62 bits per heavy atom. The van der Waals surface area contributed by atoms with Crippen molar-refractivity contribution in [1.29, 1.82) is 0 Å². The summed E-state index contributed by atoms with van der Waals surface area (Å²) >= 11 is 0. The maximum Gasteiger partial charge on any atom is 0.274 e. The van der Waals surface area contributed by atoms with Crippen LogP contribution in [0.2, 0.25) is 0 Å². The van der Waals surface area contributed by atoms with Crippen molar-refractivity contribution in [2.24, 2.45) is 0 Å². The van der Waals surface area contributed by atoms with Gasteiger partial charge in [0.05, 0.1) is 10.6 Å². The lowest BCUT2D eigenvalue weighted by Gasteiger charge is -2.07. The molecule has 0 aliphatic rings. The zero-order chi connectivity index (χ0) is 17.4. The fourth-order valence-electron chi connectivity index (χ4n) is 2.67. The Morgan fingerprint density at radius 2 is 1.96 bits per heavy atom. The number of carbonyl (C=O) groups excluding carboxylic acids is 1. The summed E-state index contributed by atoms with van der Waals surface area (Å²) in [7, 11) is 0. The van der Waals surface area contributed by atoms with Crippen molar-refractivity contribution >= 4 is 22.9 Å². The molecule has 1 N–H and O–H groups in total. The molecule has 1 aromatic carbocycles. The van der Waals surface area contributed by atoms with Crippen molar-refractivity contribution in [1.82, 2.24) is 9.38 Å². The lowest BCUT2D eigenvalue weighted by molar-refractivity contribution is -0.385. The van der Waals surface area contributed by atoms with E-state index in [1.807, 2.05) is 19.1 Å². The molecule has 0 atom stereocenters. The number of nitrogens with zero attached hydrogens (tertiary/aromatic N) is 3. The third kappa shape index (κ3) is 2.71. The van der Waals surface area contributed by atoms with Crippen LogP contribution in [0.3, 0.4) is 0 Å². The van der Waals surface area contributed by atoms with Gasteiger partial charge in [-0.3, -0.25) is 19.3 Å². The van der Waals surface area contributed by atoms with Crippen LogP contribution in [-0.2, 0) is 0 Å². The van der Waals surface area contributed by atoms with Gasteiger partial charge in [0.1, 0.15) is 11.3 Å². The van der Waals surface area contributed by atoms with E-state index in [9.17, 15) is 14.9 Å². The van der Waals surface area contributed by atoms with E-state index in [4.69, 9.17) is 0 Å². The summed E-state index contributed by atoms with van der Waals surface area (Å²) in [5, 5.41) is 13.6. The van der Waals surface area contributed by atoms with Crippen molar-refractivity contribution in [2.75, 3.05) is 5.32 Å². The van der Waals surface area contributed by atoms with Crippen LogP contribution in [0.4, 0.5) is 11.4 Å². The smallest absolute Gasteiger partial charge is 0.274 e. The van der Waals surface area contributed by atoms with Gasteiger partial charge in [0.2, 0.25) is 0 Å². The molecule has 2 aromatic heterocycles. The number of carbonyl (C=O) groups is 1. The average Bonchev–Trinajstić information content (AvgIpc) is 2.81. The number of anilines is 1. The quantitative estimate of drug-likeness (QED) is 0.590. The highest BCUT2D eigenvalue weighted by Crippen LogP contribution is 2.22. The topological polar surface area (TPSA) is 89.5 Å². The lowest BCUT2D eigenvalue weighted by atomic mass is 10.2. The zero-order valence-corrected chi connectivity index (χ0v) is 13.5. The van der Waals surface area contributed by atoms with Crippen LogP contribution in [0.1, 0.15) is 27.3 Å². The number of aromatic nitrogens is 2. The molecule has 1 amide bonds. The molecule has 7 nitrogen and oxygen atoms in total. The average molecular weight is 324 g/mol. The first-order chi connectivity index (χ1) is 11.4. The molecule has 0 bridgehead atoms. The standard InChI is InChI=1S/C17H16N4O3/c1-10-6-7-20-15(8-10)18-12(3)16(20)17(22)19-13-4-5-14(21(23)24)11(2)9-13/h4-9H,1-3H3,(H,19,22). The molecular weight excluding hydrogens is 308 g/mol. The monoisotopic (exact) mass is 324 g/mol. The van der Waals surface area contributed by atoms with E-state index >= 15 is 0 Å². The minimum absolute atomic E-state index is 0.0226. The van der Waals surface area contributed by atoms with Crippen LogP contribution in [0.15, 0.2) is 36.5 Å². The Bertz CT molecular complexity index is 975. The molecule has 0 aliphatic carbocycles. The fraction of sp³-hybridized carbons (Fsp3) is 0.176. The molecule has 0 spiro atoms. The molecule has 0 aliphatic heterocycles. The first-order valence-electron chi connectivity index (χ1n) is 7.38. The van der Waals surface area contributed by atoms with E-state index in [0.29, 0.717) is 28.3 Å². The molecule has 3 rings (SSSR count). The van der Waals surface area contributed by atoms with E-state index in [-0.39, 0.29) is 11.6 Å². The number of amides is 1. The largest absolute Gasteiger partial charge is 0.321 e. The van der Waals surface area contributed by atoms with E-state index < -0.39 is 4.92 Å². The highest BCUT2D eigenvalue weighted by Gasteiger charge is 2.18. The summed E-state index contributed by atoms with van der Waals surface area (Å²) < 4.78 is 1.73. The molecular formula is C17H16N4O3. The molecule has 7 heteroatoms. The van der Waals surface area contributed by atoms with E-state index in [0.717, 1.165) is 5.56 Å². The first kappa shape index (κ1) is 15.7. The van der Waals surface area contributed by atoms with E-state index in [1.165, 1.54) is 12.1 Å². The van der Waals surface area contributed by atoms with Crippen LogP contribution in [0.5, 0.6) is 0 Å². The number of fused-ring (bicyclic) bond motifs is 1. The van der Waals surface area contributed by atoms with Gasteiger partial charge in [-0.25, -0.2) is 4.98 Å². The Balaban J connectivity index is 1.95. The van der Waals surface area contributed by atoms with Gasteiger partial charge in [0.25, 0.3) is 11.6 Å². The van der Waals surface area contributed by atoms with Crippen molar-refractivity contribution in [3.05, 3.63) is 69.2 Å². The number of nitrogens with one attached hydrogen (secondary N) is 1. The number of hydrogen-bond donors (Lipinski definition) is 1. The molecule has 0 saturated heterocycles. The SMILES string of the molecule is Cc1ccn2c(C(=O)Nc3ccc([N+](=O)[O-])c(C)c3)c(C)nc2c1. The molecule has 3 aromatic rings. The fourth-order valence-corrected chi connectivity index (χ4v) is 2.67. The number of nitro benzene ring substituents is 1. The predicted molar refractivity (Wildman–Crippen MR) is 90.5 cm³/mol. The molecule has 0 unspecified atom stereocenters. The van der Waals surface area contributed by atoms with Crippen molar-refractivity contribution in [3.63, 3.8) is 0 Å². The minimum Gasteiger partial charge on any atom is -0.321 e. The van der Waals surface area contributed by atoms with Crippen LogP contribution in [-0.4, -0.2) is 20.2 Å². The number of rotatable bonds is 3. The van der Waals surface area contributed by atoms with Crippen molar-refractivity contribution < 1.29 is 9.72 Å². The summed E-state index contributed by atoms with van der Waals surface area (Å²) in [6.45, 7) is 5.37. The first-order valence-corrected chi connectivity index (χ1v) is 7.38. The number of imidazole rings is 1. The van der Waals surface area contributed by atoms with Crippen LogP contribution >= 0.6 is 0 Å². The van der Waals surface area contributed by atoms with Gasteiger partial charge >= 0.3 is 0 Å². The Hall–Kier alpha value is -3.22. The Kier molecular flexibility index (Phi) is 3.76. The second kappa shape index (κ2) is 5.77. The molecule has 24 heavy (non-hydrogen) atoms. The summed E-state index contributed by atoms with van der Waals surface area (Å²) in [6, 6.07) is 8.29. The summed E-state index contributed by atoms with van der Waals surface area (Å²) in [6.07, 6.45) is 1.81. The van der Waals surface area contributed by atoms with Gasteiger partial charge < -0.3 is 5.32 Å². The second-order valence-corrected chi connectivity index (χ2v) is 5.69. The number of hydrogen-bond acceptors (Lipinski definition) is 4. The highest BCUT2D eigenvalue weighted by molar-refractivity contribution is 6.04. The predicted octanol–water partition coefficient (Wildman–Crippen LogP) is 3.42. The van der Waals surface area contributed by atoms with Crippen LogP contribution in [0, 0.1) is 30.9 Å². The van der Waals surface area contributed by atoms with Gasteiger partial charge in [-0.05, 0) is 50.6 Å². The van der Waals surface area contributed by atoms with Crippen molar-refractivity contribution in [2.45, 2.75) is 20.8 Å². The number of pyridine rings is 1. The summed E-state index contributed by atoms with van der Waals surface area (Å²) in [4.78, 5) is 27.4. The van der Waals surface area contributed by atoms with Gasteiger partial charge in [-0.15, -0.1) is 0 Å². The van der Waals surface area contributed by atoms with Crippen LogP contribution in [0.25, 0.3) is 5.65 Å². The van der Waals surface area contributed by atoms with Gasteiger partial charge in [0.15, 0.2) is 0 Å². The number of benzene rings is 1. The molecule has 122 valence electrons. The minimum atomic E-state index is -0.447. The summed E-state index contributed by atoms with van der Waals surface area (Å²) in [5.74, 6) is -0.308. The molecule has 2 heterocycles. The maximum atomic E-state index is 12.6. The summed E-state index contributed by atoms with van der Waals surface area (Å²) in [5.41, 5.74) is 3.85. The zero-order valence-electron chi connectivity index (χ0n) is 13.5. The maximum absolute atomic E-state index is 12.6. The van der Waals surface area contributed by atoms with Crippen LogP contribution < -0.4 is 5.32 Å². The Labute approximate surface area is 138 Å².